The normalized spacial score (nSPS) is 18.6. The lowest BCUT2D eigenvalue weighted by atomic mass is 9.78. The quantitative estimate of drug-likeness (QED) is 0.886. The van der Waals surface area contributed by atoms with Crippen molar-refractivity contribution in [1.29, 1.82) is 0 Å². The van der Waals surface area contributed by atoms with Gasteiger partial charge < -0.3 is 5.11 Å². The van der Waals surface area contributed by atoms with Crippen molar-refractivity contribution in [3.05, 3.63) is 29.3 Å². The van der Waals surface area contributed by atoms with Crippen LogP contribution in [-0.2, 0) is 10.2 Å². The smallest absolute Gasteiger partial charge is 0.314 e. The summed E-state index contributed by atoms with van der Waals surface area (Å²) >= 11 is 1.57. The highest BCUT2D eigenvalue weighted by molar-refractivity contribution is 7.16. The van der Waals surface area contributed by atoms with Gasteiger partial charge in [0, 0.05) is 0 Å². The summed E-state index contributed by atoms with van der Waals surface area (Å²) in [5.74, 6) is -0.699. The average Bonchev–Trinajstić information content (AvgIpc) is 2.98. The van der Waals surface area contributed by atoms with Crippen molar-refractivity contribution >= 4 is 27.5 Å². The second-order valence-electron chi connectivity index (χ2n) is 4.60. The van der Waals surface area contributed by atoms with Crippen molar-refractivity contribution in [3.8, 4) is 0 Å². The molecule has 1 N–H and O–H groups in total. The van der Waals surface area contributed by atoms with Crippen LogP contribution in [0.2, 0.25) is 0 Å². The van der Waals surface area contributed by atoms with Crippen molar-refractivity contribution in [2.45, 2.75) is 31.1 Å². The molecule has 0 unspecified atom stereocenters. The molecule has 1 fully saturated rings. The van der Waals surface area contributed by atoms with E-state index in [1.54, 1.807) is 16.8 Å². The number of nitrogens with zero attached hydrogens (tertiary/aromatic N) is 1. The first-order valence-corrected chi connectivity index (χ1v) is 6.68. The van der Waals surface area contributed by atoms with E-state index >= 15 is 0 Å². The second kappa shape index (κ2) is 3.81. The SMILES string of the molecule is O=C(O)C1(c2cccc3scnc23)CCCC1. The average molecular weight is 247 g/mol. The Bertz CT molecular complexity index is 570. The minimum Gasteiger partial charge on any atom is -0.481 e. The maximum Gasteiger partial charge on any atom is 0.314 e. The summed E-state index contributed by atoms with van der Waals surface area (Å²) in [6.45, 7) is 0. The zero-order chi connectivity index (χ0) is 11.9. The lowest BCUT2D eigenvalue weighted by molar-refractivity contribution is -0.143. The fourth-order valence-corrected chi connectivity index (χ4v) is 3.55. The predicted molar refractivity (Wildman–Crippen MR) is 67.4 cm³/mol. The molecule has 0 amide bonds. The molecular formula is C13H13NO2S. The Kier molecular flexibility index (Phi) is 2.40. The van der Waals surface area contributed by atoms with E-state index in [1.165, 1.54) is 0 Å². The number of aromatic nitrogens is 1. The number of fused-ring (bicyclic) bond motifs is 1. The molecule has 3 rings (SSSR count). The number of rotatable bonds is 2. The number of carbonyl (C=O) groups is 1. The lowest BCUT2D eigenvalue weighted by Crippen LogP contribution is -2.32. The number of para-hydroxylation sites is 1. The number of hydrogen-bond donors (Lipinski definition) is 1. The highest BCUT2D eigenvalue weighted by Crippen LogP contribution is 2.44. The van der Waals surface area contributed by atoms with Gasteiger partial charge in [0.05, 0.1) is 21.1 Å². The zero-order valence-corrected chi connectivity index (χ0v) is 10.2. The predicted octanol–water partition coefficient (Wildman–Crippen LogP) is 3.19. The van der Waals surface area contributed by atoms with E-state index in [0.29, 0.717) is 0 Å². The van der Waals surface area contributed by atoms with Crippen molar-refractivity contribution in [2.75, 3.05) is 0 Å². The molecule has 17 heavy (non-hydrogen) atoms. The molecule has 0 spiro atoms. The minimum atomic E-state index is -0.701. The van der Waals surface area contributed by atoms with Gasteiger partial charge in [-0.2, -0.15) is 0 Å². The topological polar surface area (TPSA) is 50.2 Å². The highest BCUT2D eigenvalue weighted by atomic mass is 32.1. The summed E-state index contributed by atoms with van der Waals surface area (Å²) in [6, 6.07) is 5.88. The molecule has 1 aliphatic carbocycles. The van der Waals surface area contributed by atoms with Gasteiger partial charge in [0.15, 0.2) is 0 Å². The maximum atomic E-state index is 11.7. The molecule has 1 aromatic carbocycles. The number of aliphatic carboxylic acids is 1. The van der Waals surface area contributed by atoms with Crippen LogP contribution in [0.3, 0.4) is 0 Å². The number of benzene rings is 1. The molecule has 0 atom stereocenters. The fourth-order valence-electron chi connectivity index (χ4n) is 2.85. The Balaban J connectivity index is 2.25. The molecule has 1 heterocycles. The molecule has 0 aliphatic heterocycles. The van der Waals surface area contributed by atoms with Gasteiger partial charge in [0.25, 0.3) is 0 Å². The van der Waals surface area contributed by atoms with Crippen molar-refractivity contribution < 1.29 is 9.90 Å². The summed E-state index contributed by atoms with van der Waals surface area (Å²) < 4.78 is 1.08. The van der Waals surface area contributed by atoms with Gasteiger partial charge >= 0.3 is 5.97 Å². The molecular weight excluding hydrogens is 234 g/mol. The van der Waals surface area contributed by atoms with Crippen LogP contribution in [0.15, 0.2) is 23.7 Å². The van der Waals surface area contributed by atoms with Crippen molar-refractivity contribution in [2.24, 2.45) is 0 Å². The van der Waals surface area contributed by atoms with Gasteiger partial charge in [-0.3, -0.25) is 4.79 Å². The van der Waals surface area contributed by atoms with Crippen LogP contribution in [0.4, 0.5) is 0 Å². The Morgan fingerprint density at radius 2 is 2.12 bits per heavy atom. The van der Waals surface area contributed by atoms with Gasteiger partial charge in [0.2, 0.25) is 0 Å². The van der Waals surface area contributed by atoms with Crippen LogP contribution in [-0.4, -0.2) is 16.1 Å². The Hall–Kier alpha value is -1.42. The van der Waals surface area contributed by atoms with Crippen LogP contribution in [0.1, 0.15) is 31.2 Å². The van der Waals surface area contributed by atoms with Gasteiger partial charge in [0.1, 0.15) is 0 Å². The van der Waals surface area contributed by atoms with Gasteiger partial charge in [-0.05, 0) is 24.5 Å². The van der Waals surface area contributed by atoms with Crippen molar-refractivity contribution in [3.63, 3.8) is 0 Å². The number of hydrogen-bond acceptors (Lipinski definition) is 3. The van der Waals surface area contributed by atoms with E-state index in [1.807, 2.05) is 18.2 Å². The molecule has 0 saturated heterocycles. The molecule has 88 valence electrons. The van der Waals surface area contributed by atoms with E-state index in [4.69, 9.17) is 0 Å². The van der Waals surface area contributed by atoms with E-state index in [9.17, 15) is 9.90 Å². The van der Waals surface area contributed by atoms with Gasteiger partial charge in [-0.1, -0.05) is 25.0 Å². The molecule has 1 aliphatic rings. The zero-order valence-electron chi connectivity index (χ0n) is 9.35. The third-order valence-corrected chi connectivity index (χ3v) is 4.54. The summed E-state index contributed by atoms with van der Waals surface area (Å²) in [4.78, 5) is 16.0. The monoisotopic (exact) mass is 247 g/mol. The molecule has 1 aromatic heterocycles. The number of thiazole rings is 1. The summed E-state index contributed by atoms with van der Waals surface area (Å²) in [5.41, 5.74) is 2.87. The first-order valence-electron chi connectivity index (χ1n) is 5.80. The largest absolute Gasteiger partial charge is 0.481 e. The Morgan fingerprint density at radius 1 is 1.35 bits per heavy atom. The Labute approximate surface area is 103 Å². The maximum absolute atomic E-state index is 11.7. The second-order valence-corrected chi connectivity index (χ2v) is 5.49. The van der Waals surface area contributed by atoms with E-state index in [-0.39, 0.29) is 0 Å². The standard InChI is InChI=1S/C13H13NO2S/c15-12(16)13(6-1-2-7-13)9-4-3-5-10-11(9)14-8-17-10/h3-5,8H,1-2,6-7H2,(H,15,16). The molecule has 1 saturated carbocycles. The lowest BCUT2D eigenvalue weighted by Gasteiger charge is -2.24. The minimum absolute atomic E-state index is 0.699. The molecule has 3 nitrogen and oxygen atoms in total. The van der Waals surface area contributed by atoms with Crippen LogP contribution in [0.5, 0.6) is 0 Å². The van der Waals surface area contributed by atoms with Crippen LogP contribution >= 0.6 is 11.3 Å². The van der Waals surface area contributed by atoms with Gasteiger partial charge in [-0.25, -0.2) is 4.98 Å². The molecule has 0 radical (unpaired) electrons. The van der Waals surface area contributed by atoms with Crippen LogP contribution in [0.25, 0.3) is 10.2 Å². The molecule has 0 bridgehead atoms. The summed E-state index contributed by atoms with van der Waals surface area (Å²) in [7, 11) is 0. The Morgan fingerprint density at radius 3 is 2.82 bits per heavy atom. The van der Waals surface area contributed by atoms with E-state index < -0.39 is 11.4 Å². The number of carboxylic acids is 1. The van der Waals surface area contributed by atoms with E-state index in [0.717, 1.165) is 41.5 Å². The first-order chi connectivity index (χ1) is 8.24. The first kappa shape index (κ1) is 10.7. The summed E-state index contributed by atoms with van der Waals surface area (Å²) in [5, 5.41) is 9.59. The van der Waals surface area contributed by atoms with Gasteiger partial charge in [-0.15, -0.1) is 11.3 Å². The fraction of sp³-hybridized carbons (Fsp3) is 0.385. The number of carboxylic acid groups (broad SMARTS) is 1. The summed E-state index contributed by atoms with van der Waals surface area (Å²) in [6.07, 6.45) is 3.46. The third-order valence-electron chi connectivity index (χ3n) is 3.74. The van der Waals surface area contributed by atoms with E-state index in [2.05, 4.69) is 4.98 Å². The van der Waals surface area contributed by atoms with Crippen LogP contribution < -0.4 is 0 Å². The third kappa shape index (κ3) is 1.47. The van der Waals surface area contributed by atoms with Crippen molar-refractivity contribution in [1.82, 2.24) is 4.98 Å². The highest BCUT2D eigenvalue weighted by Gasteiger charge is 2.44. The molecule has 4 heteroatoms. The van der Waals surface area contributed by atoms with Crippen LogP contribution in [0, 0.1) is 0 Å². The molecule has 2 aromatic rings.